The Balaban J connectivity index is 2.77. The Hall–Kier alpha value is -3.50. The molecular formula is C37H60N4O9S2Si. The first-order chi connectivity index (χ1) is 24.8. The van der Waals surface area contributed by atoms with Crippen LogP contribution >= 0.6 is 23.1 Å². The second kappa shape index (κ2) is 24.7. The van der Waals surface area contributed by atoms with Crippen molar-refractivity contribution in [3.63, 3.8) is 0 Å². The molecule has 1 aromatic heterocycles. The van der Waals surface area contributed by atoms with Crippen LogP contribution < -0.4 is 16.0 Å². The first kappa shape index (κ1) is 47.5. The van der Waals surface area contributed by atoms with Crippen molar-refractivity contribution < 1.29 is 43.0 Å². The molecule has 0 fully saturated rings. The van der Waals surface area contributed by atoms with Gasteiger partial charge < -0.3 is 30.2 Å². The maximum Gasteiger partial charge on any atom is 0.408 e. The number of aromatic nitrogens is 1. The third-order valence-electron chi connectivity index (χ3n) is 7.18. The van der Waals surface area contributed by atoms with Crippen molar-refractivity contribution in [1.29, 1.82) is 0 Å². The summed E-state index contributed by atoms with van der Waals surface area (Å²) in [5, 5.41) is 9.67. The number of allylic oxidation sites excluding steroid dienone is 2. The molecule has 298 valence electrons. The predicted molar refractivity (Wildman–Crippen MR) is 212 cm³/mol. The summed E-state index contributed by atoms with van der Waals surface area (Å²) < 4.78 is 16.2. The van der Waals surface area contributed by atoms with E-state index in [0.29, 0.717) is 23.6 Å². The molecule has 13 nitrogen and oxygen atoms in total. The summed E-state index contributed by atoms with van der Waals surface area (Å²) in [7, 11) is -1.43. The van der Waals surface area contributed by atoms with Gasteiger partial charge in [0, 0.05) is 25.6 Å². The Kier molecular flexibility index (Phi) is 22.2. The van der Waals surface area contributed by atoms with Crippen molar-refractivity contribution in [2.75, 3.05) is 12.4 Å². The number of esters is 2. The SMILES string of the molecule is CC=C(NC(=O)c1csc(CNC(=O)OC(C)(C)C)n1)C(=O)N[C@H](C)C(=O)O[C@H](C=CCCSC(=O)CCCCCCC)CC(=O)OCC[Si](C)(C)C. The fourth-order valence-corrected chi connectivity index (χ4v) is 6.47. The minimum Gasteiger partial charge on any atom is -0.466 e. The van der Waals surface area contributed by atoms with Crippen LogP contribution in [0.15, 0.2) is 29.3 Å². The lowest BCUT2D eigenvalue weighted by atomic mass is 10.1. The van der Waals surface area contributed by atoms with E-state index < -0.39 is 55.7 Å². The first-order valence-corrected chi connectivity index (χ1v) is 23.8. The number of nitrogens with one attached hydrogen (secondary N) is 3. The summed E-state index contributed by atoms with van der Waals surface area (Å²) >= 11 is 2.41. The normalized spacial score (nSPS) is 13.2. The summed E-state index contributed by atoms with van der Waals surface area (Å²) in [6.07, 6.45) is 9.45. The fraction of sp³-hybridized carbons (Fsp3) is 0.649. The molecule has 1 rings (SSSR count). The van der Waals surface area contributed by atoms with Gasteiger partial charge in [-0.1, -0.05) is 76.2 Å². The van der Waals surface area contributed by atoms with Gasteiger partial charge in [-0.25, -0.2) is 14.6 Å². The largest absolute Gasteiger partial charge is 0.466 e. The third kappa shape index (κ3) is 23.0. The summed E-state index contributed by atoms with van der Waals surface area (Å²) in [6, 6.07) is -0.339. The van der Waals surface area contributed by atoms with Gasteiger partial charge in [-0.2, -0.15) is 0 Å². The van der Waals surface area contributed by atoms with Crippen LogP contribution in [-0.4, -0.2) is 78.1 Å². The third-order valence-corrected chi connectivity index (χ3v) is 10.7. The Bertz CT molecular complexity index is 1420. The molecule has 0 bridgehead atoms. The number of unbranched alkanes of at least 4 members (excludes halogenated alkanes) is 4. The highest BCUT2D eigenvalue weighted by atomic mass is 32.2. The van der Waals surface area contributed by atoms with Crippen LogP contribution in [0, 0.1) is 0 Å². The van der Waals surface area contributed by atoms with Gasteiger partial charge in [0.05, 0.1) is 19.6 Å². The van der Waals surface area contributed by atoms with E-state index in [1.54, 1.807) is 39.8 Å². The monoisotopic (exact) mass is 796 g/mol. The number of hydrogen-bond donors (Lipinski definition) is 3. The van der Waals surface area contributed by atoms with Gasteiger partial charge in [0.2, 0.25) is 0 Å². The van der Waals surface area contributed by atoms with Crippen molar-refractivity contribution in [2.45, 2.75) is 143 Å². The van der Waals surface area contributed by atoms with Crippen molar-refractivity contribution in [1.82, 2.24) is 20.9 Å². The molecule has 0 saturated carbocycles. The van der Waals surface area contributed by atoms with Crippen LogP contribution in [0.25, 0.3) is 0 Å². The highest BCUT2D eigenvalue weighted by Crippen LogP contribution is 2.15. The highest BCUT2D eigenvalue weighted by molar-refractivity contribution is 8.13. The highest BCUT2D eigenvalue weighted by Gasteiger charge is 2.25. The van der Waals surface area contributed by atoms with E-state index in [1.165, 1.54) is 36.6 Å². The van der Waals surface area contributed by atoms with Gasteiger partial charge in [0.15, 0.2) is 5.12 Å². The molecule has 0 radical (unpaired) electrons. The zero-order valence-electron chi connectivity index (χ0n) is 32.9. The van der Waals surface area contributed by atoms with Gasteiger partial charge in [-0.05, 0) is 59.6 Å². The summed E-state index contributed by atoms with van der Waals surface area (Å²) in [6.45, 7) is 17.2. The molecular weight excluding hydrogens is 737 g/mol. The number of hydrogen-bond acceptors (Lipinski definition) is 12. The number of nitrogens with zero attached hydrogens (tertiary/aromatic N) is 1. The average molecular weight is 797 g/mol. The molecule has 2 atom stereocenters. The molecule has 0 aliphatic heterocycles. The van der Waals surface area contributed by atoms with Crippen molar-refractivity contribution in [3.8, 4) is 0 Å². The topological polar surface area (TPSA) is 179 Å². The fourth-order valence-electron chi connectivity index (χ4n) is 4.27. The molecule has 3 amide bonds. The van der Waals surface area contributed by atoms with Crippen LogP contribution in [0.2, 0.25) is 25.7 Å². The summed E-state index contributed by atoms with van der Waals surface area (Å²) in [5.41, 5.74) is -0.747. The van der Waals surface area contributed by atoms with E-state index >= 15 is 0 Å². The average Bonchev–Trinajstić information content (AvgIpc) is 3.53. The molecule has 3 N–H and O–H groups in total. The standard InChI is InChI=1S/C37H60N4O9S2Si/c1-10-12-13-14-15-19-32(43)51-21-17-16-18-27(23-31(42)48-20-22-53(7,8)9)49-35(46)26(3)39-33(44)28(11-2)41-34(45)29-25-52-30(40-29)24-38-36(47)50-37(4,5)6/h11,16,18,25-27H,10,12-15,17,19-24H2,1-9H3,(H,38,47)(H,39,44)(H,41,45)/t26-,27-/m1/s1. The van der Waals surface area contributed by atoms with E-state index in [4.69, 9.17) is 14.2 Å². The van der Waals surface area contributed by atoms with Gasteiger partial charge in [0.25, 0.3) is 11.8 Å². The Labute approximate surface area is 324 Å². The maximum absolute atomic E-state index is 13.1. The number of rotatable bonds is 23. The second-order valence-corrected chi connectivity index (χ2v) is 22.4. The van der Waals surface area contributed by atoms with E-state index in [2.05, 4.69) is 47.5 Å². The summed E-state index contributed by atoms with van der Waals surface area (Å²) in [4.78, 5) is 80.0. The van der Waals surface area contributed by atoms with Crippen molar-refractivity contribution in [2.24, 2.45) is 0 Å². The van der Waals surface area contributed by atoms with Gasteiger partial charge in [-0.15, -0.1) is 11.3 Å². The molecule has 16 heteroatoms. The second-order valence-electron chi connectivity index (χ2n) is 14.6. The van der Waals surface area contributed by atoms with Crippen LogP contribution in [0.1, 0.15) is 108 Å². The molecule has 53 heavy (non-hydrogen) atoms. The minimum atomic E-state index is -1.43. The van der Waals surface area contributed by atoms with E-state index in [0.717, 1.165) is 43.1 Å². The van der Waals surface area contributed by atoms with Gasteiger partial charge >= 0.3 is 18.0 Å². The molecule has 0 aliphatic carbocycles. The number of thiazole rings is 1. The molecule has 0 saturated heterocycles. The Morgan fingerprint density at radius 1 is 1.06 bits per heavy atom. The molecule has 0 aromatic carbocycles. The van der Waals surface area contributed by atoms with Gasteiger partial charge in [0.1, 0.15) is 34.1 Å². The van der Waals surface area contributed by atoms with E-state index in [-0.39, 0.29) is 36.1 Å². The van der Waals surface area contributed by atoms with Crippen LogP contribution in [-0.2, 0) is 39.9 Å². The Morgan fingerprint density at radius 2 is 1.75 bits per heavy atom. The minimum absolute atomic E-state index is 0.0344. The number of ether oxygens (including phenoxy) is 3. The number of alkyl carbamates (subject to hydrolysis) is 1. The van der Waals surface area contributed by atoms with Crippen LogP contribution in [0.3, 0.4) is 0 Å². The van der Waals surface area contributed by atoms with Crippen molar-refractivity contribution >= 4 is 66.1 Å². The lowest BCUT2D eigenvalue weighted by Crippen LogP contribution is -2.44. The zero-order chi connectivity index (χ0) is 40.0. The first-order valence-electron chi connectivity index (χ1n) is 18.2. The van der Waals surface area contributed by atoms with Crippen LogP contribution in [0.4, 0.5) is 4.79 Å². The molecule has 1 heterocycles. The van der Waals surface area contributed by atoms with Gasteiger partial charge in [-0.3, -0.25) is 19.2 Å². The lowest BCUT2D eigenvalue weighted by molar-refractivity contribution is -0.154. The molecule has 0 aliphatic rings. The van der Waals surface area contributed by atoms with Crippen molar-refractivity contribution in [3.05, 3.63) is 40.0 Å². The van der Waals surface area contributed by atoms with E-state index in [9.17, 15) is 28.8 Å². The molecule has 0 unspecified atom stereocenters. The Morgan fingerprint density at radius 3 is 2.40 bits per heavy atom. The molecule has 0 spiro atoms. The smallest absolute Gasteiger partial charge is 0.408 e. The molecule has 1 aromatic rings. The quantitative estimate of drug-likeness (QED) is 0.0258. The number of carbonyl (C=O) groups is 6. The predicted octanol–water partition coefficient (Wildman–Crippen LogP) is 7.06. The number of carbonyl (C=O) groups excluding carboxylic acids is 6. The van der Waals surface area contributed by atoms with E-state index in [1.807, 2.05) is 0 Å². The lowest BCUT2D eigenvalue weighted by Gasteiger charge is -2.19. The maximum atomic E-state index is 13.1. The zero-order valence-corrected chi connectivity index (χ0v) is 35.5. The number of amides is 3. The van der Waals surface area contributed by atoms with Crippen LogP contribution in [0.5, 0.6) is 0 Å². The number of thioether (sulfide) groups is 1. The summed E-state index contributed by atoms with van der Waals surface area (Å²) in [5.74, 6) is -2.15.